The summed E-state index contributed by atoms with van der Waals surface area (Å²) in [6, 6.07) is 12.0. The van der Waals surface area contributed by atoms with Crippen LogP contribution in [0.4, 0.5) is 11.6 Å². The maximum atomic E-state index is 8.92. The number of hydrogen-bond acceptors (Lipinski definition) is 5. The molecule has 2 rings (SSSR count). The molecule has 0 atom stereocenters. The second-order valence-electron chi connectivity index (χ2n) is 4.25. The largest absolute Gasteiger partial charge is 0.395 e. The molecule has 19 heavy (non-hydrogen) atoms. The number of aliphatic hydroxyl groups is 1. The van der Waals surface area contributed by atoms with Gasteiger partial charge in [0.1, 0.15) is 18.0 Å². The molecule has 100 valence electrons. The number of aromatic nitrogens is 2. The van der Waals surface area contributed by atoms with E-state index in [-0.39, 0.29) is 6.61 Å². The number of hydrogen-bond donors (Lipinski definition) is 2. The smallest absolute Gasteiger partial charge is 0.133 e. The van der Waals surface area contributed by atoms with Gasteiger partial charge >= 0.3 is 0 Å². The van der Waals surface area contributed by atoms with E-state index in [9.17, 15) is 0 Å². The number of likely N-dealkylation sites (N-methyl/N-ethyl adjacent to an activating group) is 1. The van der Waals surface area contributed by atoms with Crippen molar-refractivity contribution in [2.45, 2.75) is 6.54 Å². The van der Waals surface area contributed by atoms with Crippen LogP contribution in [0.15, 0.2) is 42.7 Å². The fraction of sp³-hybridized carbons (Fsp3) is 0.286. The van der Waals surface area contributed by atoms with Gasteiger partial charge in [-0.2, -0.15) is 0 Å². The quantitative estimate of drug-likeness (QED) is 0.822. The van der Waals surface area contributed by atoms with Gasteiger partial charge in [-0.3, -0.25) is 0 Å². The molecule has 1 aromatic carbocycles. The highest BCUT2D eigenvalue weighted by Gasteiger charge is 2.03. The summed E-state index contributed by atoms with van der Waals surface area (Å²) in [6.45, 7) is 1.38. The molecule has 0 aliphatic rings. The van der Waals surface area contributed by atoms with Crippen LogP contribution >= 0.6 is 0 Å². The lowest BCUT2D eigenvalue weighted by molar-refractivity contribution is 0.304. The van der Waals surface area contributed by atoms with Crippen LogP contribution in [-0.4, -0.2) is 35.3 Å². The van der Waals surface area contributed by atoms with E-state index >= 15 is 0 Å². The second-order valence-corrected chi connectivity index (χ2v) is 4.25. The van der Waals surface area contributed by atoms with Crippen LogP contribution in [0.1, 0.15) is 5.56 Å². The third-order valence-electron chi connectivity index (χ3n) is 2.80. The number of benzene rings is 1. The Morgan fingerprint density at radius 3 is 2.74 bits per heavy atom. The summed E-state index contributed by atoms with van der Waals surface area (Å²) < 4.78 is 0. The van der Waals surface area contributed by atoms with Crippen molar-refractivity contribution in [3.05, 3.63) is 48.3 Å². The van der Waals surface area contributed by atoms with E-state index in [0.717, 1.165) is 18.2 Å². The Balaban J connectivity index is 1.99. The molecule has 5 nitrogen and oxygen atoms in total. The first-order valence-electron chi connectivity index (χ1n) is 6.21. The highest BCUT2D eigenvalue weighted by molar-refractivity contribution is 5.48. The molecule has 5 heteroatoms. The standard InChI is InChI=1S/C14H18N4O/c1-18(7-8-19)14-9-13(16-11-17-14)15-10-12-5-3-2-4-6-12/h2-6,9,11,19H,7-8,10H2,1H3,(H,15,16,17). The lowest BCUT2D eigenvalue weighted by atomic mass is 10.2. The normalized spacial score (nSPS) is 10.2. The van der Waals surface area contributed by atoms with Gasteiger partial charge in [0, 0.05) is 26.2 Å². The molecule has 0 radical (unpaired) electrons. The summed E-state index contributed by atoms with van der Waals surface area (Å²) >= 11 is 0. The van der Waals surface area contributed by atoms with Crippen molar-refractivity contribution in [1.29, 1.82) is 0 Å². The first-order valence-corrected chi connectivity index (χ1v) is 6.21. The zero-order valence-electron chi connectivity index (χ0n) is 11.0. The Morgan fingerprint density at radius 1 is 1.21 bits per heavy atom. The van der Waals surface area contributed by atoms with Crippen molar-refractivity contribution in [2.75, 3.05) is 30.4 Å². The Hall–Kier alpha value is -2.14. The molecule has 0 amide bonds. The predicted molar refractivity (Wildman–Crippen MR) is 76.2 cm³/mol. The third-order valence-corrected chi connectivity index (χ3v) is 2.80. The summed E-state index contributed by atoms with van der Waals surface area (Å²) in [7, 11) is 1.89. The van der Waals surface area contributed by atoms with Crippen LogP contribution < -0.4 is 10.2 Å². The Morgan fingerprint density at radius 2 is 2.00 bits per heavy atom. The van der Waals surface area contributed by atoms with Gasteiger partial charge in [-0.05, 0) is 5.56 Å². The highest BCUT2D eigenvalue weighted by atomic mass is 16.3. The molecule has 0 bridgehead atoms. The molecule has 2 aromatic rings. The molecule has 2 N–H and O–H groups in total. The predicted octanol–water partition coefficient (Wildman–Crippen LogP) is 1.52. The number of rotatable bonds is 6. The van der Waals surface area contributed by atoms with Gasteiger partial charge in [-0.15, -0.1) is 0 Å². The van der Waals surface area contributed by atoms with E-state index in [1.54, 1.807) is 0 Å². The molecule has 0 aliphatic heterocycles. The van der Waals surface area contributed by atoms with Crippen molar-refractivity contribution in [3.8, 4) is 0 Å². The molecule has 0 fully saturated rings. The average Bonchev–Trinajstić information content (AvgIpc) is 2.47. The molecule has 0 spiro atoms. The summed E-state index contributed by atoms with van der Waals surface area (Å²) in [4.78, 5) is 10.2. The number of anilines is 2. The van der Waals surface area contributed by atoms with Crippen molar-refractivity contribution in [2.24, 2.45) is 0 Å². The van der Waals surface area contributed by atoms with E-state index in [1.165, 1.54) is 11.9 Å². The van der Waals surface area contributed by atoms with Crippen LogP contribution in [0.2, 0.25) is 0 Å². The van der Waals surface area contributed by atoms with E-state index in [4.69, 9.17) is 5.11 Å². The van der Waals surface area contributed by atoms with Crippen molar-refractivity contribution in [3.63, 3.8) is 0 Å². The maximum Gasteiger partial charge on any atom is 0.133 e. The van der Waals surface area contributed by atoms with Gasteiger partial charge in [0.15, 0.2) is 0 Å². The van der Waals surface area contributed by atoms with Crippen LogP contribution in [0.5, 0.6) is 0 Å². The minimum atomic E-state index is 0.104. The SMILES string of the molecule is CN(CCO)c1cc(NCc2ccccc2)ncn1. The summed E-state index contributed by atoms with van der Waals surface area (Å²) in [5.74, 6) is 1.57. The Labute approximate surface area is 112 Å². The number of nitrogens with one attached hydrogen (secondary N) is 1. The molecule has 1 aromatic heterocycles. The summed E-state index contributed by atoms with van der Waals surface area (Å²) in [6.07, 6.45) is 1.52. The fourth-order valence-electron chi connectivity index (χ4n) is 1.71. The molecular formula is C14H18N4O. The lowest BCUT2D eigenvalue weighted by Crippen LogP contribution is -2.22. The molecule has 0 unspecified atom stereocenters. The van der Waals surface area contributed by atoms with E-state index in [2.05, 4.69) is 27.4 Å². The third kappa shape index (κ3) is 3.93. The Bertz CT molecular complexity index is 504. The molecule has 1 heterocycles. The first kappa shape index (κ1) is 13.3. The van der Waals surface area contributed by atoms with Gasteiger partial charge in [0.05, 0.1) is 6.61 Å². The Kier molecular flexibility index (Phi) is 4.69. The number of nitrogens with zero attached hydrogens (tertiary/aromatic N) is 3. The monoisotopic (exact) mass is 258 g/mol. The maximum absolute atomic E-state index is 8.92. The van der Waals surface area contributed by atoms with E-state index in [0.29, 0.717) is 6.54 Å². The minimum Gasteiger partial charge on any atom is -0.395 e. The molecule has 0 saturated heterocycles. The highest BCUT2D eigenvalue weighted by Crippen LogP contribution is 2.13. The minimum absolute atomic E-state index is 0.104. The van der Waals surface area contributed by atoms with Gasteiger partial charge in [-0.25, -0.2) is 9.97 Å². The van der Waals surface area contributed by atoms with Crippen molar-refractivity contribution in [1.82, 2.24) is 9.97 Å². The van der Waals surface area contributed by atoms with Gasteiger partial charge in [-0.1, -0.05) is 30.3 Å². The van der Waals surface area contributed by atoms with Crippen LogP contribution in [0.25, 0.3) is 0 Å². The first-order chi connectivity index (χ1) is 9.29. The molecule has 0 saturated carbocycles. The number of aliphatic hydroxyl groups excluding tert-OH is 1. The summed E-state index contributed by atoms with van der Waals surface area (Å²) in [5.41, 5.74) is 1.20. The van der Waals surface area contributed by atoms with E-state index in [1.807, 2.05) is 36.2 Å². The zero-order chi connectivity index (χ0) is 13.5. The van der Waals surface area contributed by atoms with Crippen LogP contribution in [0.3, 0.4) is 0 Å². The van der Waals surface area contributed by atoms with Crippen LogP contribution in [-0.2, 0) is 6.54 Å². The van der Waals surface area contributed by atoms with Gasteiger partial charge < -0.3 is 15.3 Å². The second kappa shape index (κ2) is 6.70. The topological polar surface area (TPSA) is 61.3 Å². The molecular weight excluding hydrogens is 240 g/mol. The van der Waals surface area contributed by atoms with Crippen molar-refractivity contribution < 1.29 is 5.11 Å². The fourth-order valence-corrected chi connectivity index (χ4v) is 1.71. The van der Waals surface area contributed by atoms with Gasteiger partial charge in [0.2, 0.25) is 0 Å². The lowest BCUT2D eigenvalue weighted by Gasteiger charge is -2.17. The average molecular weight is 258 g/mol. The summed E-state index contributed by atoms with van der Waals surface area (Å²) in [5, 5.41) is 12.2. The van der Waals surface area contributed by atoms with Crippen LogP contribution in [0, 0.1) is 0 Å². The zero-order valence-corrected chi connectivity index (χ0v) is 11.0. The molecule has 0 aliphatic carbocycles. The van der Waals surface area contributed by atoms with Crippen molar-refractivity contribution >= 4 is 11.6 Å². The van der Waals surface area contributed by atoms with Gasteiger partial charge in [0.25, 0.3) is 0 Å². The van der Waals surface area contributed by atoms with E-state index < -0.39 is 0 Å².